The lowest BCUT2D eigenvalue weighted by Crippen LogP contribution is -2.09. The molecule has 0 aliphatic rings. The lowest BCUT2D eigenvalue weighted by Gasteiger charge is -1.99. The molecule has 0 fully saturated rings. The van der Waals surface area contributed by atoms with Gasteiger partial charge in [-0.25, -0.2) is 0 Å². The van der Waals surface area contributed by atoms with E-state index in [0.29, 0.717) is 6.42 Å². The molecule has 0 aliphatic heterocycles. The Labute approximate surface area is 81.2 Å². The van der Waals surface area contributed by atoms with Crippen LogP contribution < -0.4 is 5.73 Å². The molecule has 0 spiro atoms. The molecule has 6 heteroatoms. The Morgan fingerprint density at radius 2 is 2.54 bits per heavy atom. The molecule has 0 aromatic carbocycles. The fraction of sp³-hybridized carbons (Fsp3) is 0.571. The summed E-state index contributed by atoms with van der Waals surface area (Å²) in [5, 5.41) is 15.6. The van der Waals surface area contributed by atoms with Crippen molar-refractivity contribution in [2.24, 2.45) is 12.8 Å². The zero-order valence-corrected chi connectivity index (χ0v) is 8.34. The van der Waals surface area contributed by atoms with E-state index in [-0.39, 0.29) is 5.84 Å². The van der Waals surface area contributed by atoms with E-state index in [9.17, 15) is 0 Å². The molecule has 0 atom stereocenters. The smallest absolute Gasteiger partial charge is 0.190 e. The van der Waals surface area contributed by atoms with Crippen LogP contribution in [0.3, 0.4) is 0 Å². The van der Waals surface area contributed by atoms with E-state index in [1.165, 1.54) is 0 Å². The van der Waals surface area contributed by atoms with E-state index in [4.69, 9.17) is 11.1 Å². The molecular weight excluding hydrogens is 186 g/mol. The van der Waals surface area contributed by atoms with Gasteiger partial charge in [-0.15, -0.1) is 10.2 Å². The zero-order chi connectivity index (χ0) is 9.68. The van der Waals surface area contributed by atoms with Gasteiger partial charge in [0.25, 0.3) is 0 Å². The van der Waals surface area contributed by atoms with Crippen LogP contribution in [-0.4, -0.2) is 26.4 Å². The average molecular weight is 199 g/mol. The molecule has 1 rings (SSSR count). The number of nitrogens with zero attached hydrogens (tertiary/aromatic N) is 3. The third kappa shape index (κ3) is 3.45. The maximum absolute atomic E-state index is 7.02. The number of aromatic nitrogens is 3. The highest BCUT2D eigenvalue weighted by Gasteiger charge is 2.00. The van der Waals surface area contributed by atoms with E-state index in [2.05, 4.69) is 10.2 Å². The molecule has 0 aliphatic carbocycles. The molecule has 0 unspecified atom stereocenters. The summed E-state index contributed by atoms with van der Waals surface area (Å²) in [6.45, 7) is 0. The van der Waals surface area contributed by atoms with Crippen molar-refractivity contribution in [2.75, 3.05) is 5.75 Å². The second-order valence-corrected chi connectivity index (χ2v) is 3.76. The molecule has 0 saturated carbocycles. The van der Waals surface area contributed by atoms with Crippen LogP contribution in [0.5, 0.6) is 0 Å². The Morgan fingerprint density at radius 3 is 3.08 bits per heavy atom. The van der Waals surface area contributed by atoms with Gasteiger partial charge in [0.1, 0.15) is 6.33 Å². The van der Waals surface area contributed by atoms with Gasteiger partial charge in [0.05, 0.1) is 5.84 Å². The predicted molar refractivity (Wildman–Crippen MR) is 52.9 cm³/mol. The largest absolute Gasteiger partial charge is 0.388 e. The molecule has 13 heavy (non-hydrogen) atoms. The maximum Gasteiger partial charge on any atom is 0.190 e. The van der Waals surface area contributed by atoms with Crippen LogP contribution in [0.25, 0.3) is 0 Å². The van der Waals surface area contributed by atoms with Crippen molar-refractivity contribution in [1.82, 2.24) is 14.8 Å². The molecule has 1 aromatic rings. The minimum Gasteiger partial charge on any atom is -0.388 e. The van der Waals surface area contributed by atoms with Gasteiger partial charge < -0.3 is 10.3 Å². The Bertz CT molecular complexity index is 282. The first kappa shape index (κ1) is 10.0. The third-order valence-electron chi connectivity index (χ3n) is 1.49. The van der Waals surface area contributed by atoms with Crippen LogP contribution in [0.4, 0.5) is 0 Å². The van der Waals surface area contributed by atoms with Crippen LogP contribution in [0.1, 0.15) is 12.8 Å². The highest BCUT2D eigenvalue weighted by Crippen LogP contribution is 2.14. The van der Waals surface area contributed by atoms with Crippen LogP contribution in [0.2, 0.25) is 0 Å². The summed E-state index contributed by atoms with van der Waals surface area (Å²) in [4.78, 5) is 0. The van der Waals surface area contributed by atoms with Crippen molar-refractivity contribution in [3.8, 4) is 0 Å². The predicted octanol–water partition coefficient (Wildman–Crippen LogP) is 0.623. The van der Waals surface area contributed by atoms with Gasteiger partial charge in [-0.3, -0.25) is 5.41 Å². The van der Waals surface area contributed by atoms with Gasteiger partial charge >= 0.3 is 0 Å². The number of nitrogens with two attached hydrogens (primary N) is 1. The van der Waals surface area contributed by atoms with Crippen molar-refractivity contribution in [3.05, 3.63) is 6.33 Å². The lowest BCUT2D eigenvalue weighted by molar-refractivity contribution is 0.787. The van der Waals surface area contributed by atoms with E-state index in [1.807, 2.05) is 11.6 Å². The summed E-state index contributed by atoms with van der Waals surface area (Å²) < 4.78 is 1.87. The molecule has 3 N–H and O–H groups in total. The highest BCUT2D eigenvalue weighted by molar-refractivity contribution is 7.99. The van der Waals surface area contributed by atoms with Gasteiger partial charge in [-0.2, -0.15) is 0 Å². The number of hydrogen-bond acceptors (Lipinski definition) is 4. The zero-order valence-electron chi connectivity index (χ0n) is 7.53. The first-order valence-corrected chi connectivity index (χ1v) is 4.98. The fourth-order valence-corrected chi connectivity index (χ4v) is 1.66. The molecule has 5 nitrogen and oxygen atoms in total. The van der Waals surface area contributed by atoms with Gasteiger partial charge in [0, 0.05) is 19.2 Å². The standard InChI is InChI=1S/C7H13N5S/c1-12-5-10-11-7(12)13-4-2-3-6(8)9/h5H,2-4H2,1H3,(H3,8,9). The summed E-state index contributed by atoms with van der Waals surface area (Å²) in [7, 11) is 1.91. The maximum atomic E-state index is 7.02. The molecule has 72 valence electrons. The van der Waals surface area contributed by atoms with Gasteiger partial charge in [0.15, 0.2) is 5.16 Å². The topological polar surface area (TPSA) is 80.6 Å². The van der Waals surface area contributed by atoms with E-state index >= 15 is 0 Å². The Balaban J connectivity index is 2.20. The van der Waals surface area contributed by atoms with Crippen LogP contribution >= 0.6 is 11.8 Å². The van der Waals surface area contributed by atoms with Crippen molar-refractivity contribution in [1.29, 1.82) is 5.41 Å². The average Bonchev–Trinajstić information content (AvgIpc) is 2.45. The third-order valence-corrected chi connectivity index (χ3v) is 2.61. The monoisotopic (exact) mass is 199 g/mol. The molecule has 1 aromatic heterocycles. The Morgan fingerprint density at radius 1 is 1.77 bits per heavy atom. The molecular formula is C7H13N5S. The van der Waals surface area contributed by atoms with Crippen LogP contribution in [-0.2, 0) is 7.05 Å². The molecule has 0 saturated heterocycles. The number of thioether (sulfide) groups is 1. The molecule has 0 radical (unpaired) electrons. The molecule has 0 bridgehead atoms. The second kappa shape index (κ2) is 4.86. The summed E-state index contributed by atoms with van der Waals surface area (Å²) in [5.41, 5.74) is 5.22. The van der Waals surface area contributed by atoms with Gasteiger partial charge in [0.2, 0.25) is 0 Å². The molecule has 1 heterocycles. The lowest BCUT2D eigenvalue weighted by atomic mass is 10.3. The van der Waals surface area contributed by atoms with E-state index in [0.717, 1.165) is 17.3 Å². The molecule has 0 amide bonds. The Kier molecular flexibility index (Phi) is 3.75. The number of rotatable bonds is 5. The van der Waals surface area contributed by atoms with Crippen molar-refractivity contribution < 1.29 is 0 Å². The number of hydrogen-bond donors (Lipinski definition) is 2. The first-order chi connectivity index (χ1) is 6.20. The number of amidine groups is 1. The summed E-state index contributed by atoms with van der Waals surface area (Å²) >= 11 is 1.63. The van der Waals surface area contributed by atoms with Crippen LogP contribution in [0, 0.1) is 5.41 Å². The van der Waals surface area contributed by atoms with Gasteiger partial charge in [-0.05, 0) is 6.42 Å². The minimum absolute atomic E-state index is 0.249. The fourth-order valence-electron chi connectivity index (χ4n) is 0.829. The second-order valence-electron chi connectivity index (χ2n) is 2.70. The summed E-state index contributed by atoms with van der Waals surface area (Å²) in [6, 6.07) is 0. The summed E-state index contributed by atoms with van der Waals surface area (Å²) in [6.07, 6.45) is 3.24. The van der Waals surface area contributed by atoms with Crippen molar-refractivity contribution in [3.63, 3.8) is 0 Å². The van der Waals surface area contributed by atoms with Gasteiger partial charge in [-0.1, -0.05) is 11.8 Å². The number of aryl methyl sites for hydroxylation is 1. The normalized spacial score (nSPS) is 10.2. The SMILES string of the molecule is Cn1cnnc1SCCCC(=N)N. The van der Waals surface area contributed by atoms with Crippen molar-refractivity contribution >= 4 is 17.6 Å². The van der Waals surface area contributed by atoms with E-state index < -0.39 is 0 Å². The first-order valence-electron chi connectivity index (χ1n) is 4.00. The Hall–Kier alpha value is -1.04. The quantitative estimate of drug-likeness (QED) is 0.315. The highest BCUT2D eigenvalue weighted by atomic mass is 32.2. The van der Waals surface area contributed by atoms with Crippen LogP contribution in [0.15, 0.2) is 11.5 Å². The van der Waals surface area contributed by atoms with Crippen molar-refractivity contribution in [2.45, 2.75) is 18.0 Å². The minimum atomic E-state index is 0.249. The number of nitrogens with one attached hydrogen (secondary N) is 1. The van der Waals surface area contributed by atoms with E-state index in [1.54, 1.807) is 18.1 Å². The summed E-state index contributed by atoms with van der Waals surface area (Å²) in [5.74, 6) is 1.17.